The summed E-state index contributed by atoms with van der Waals surface area (Å²) in [5.74, 6) is 1.15. The molecule has 0 amide bonds. The zero-order valence-corrected chi connectivity index (χ0v) is 13.6. The first-order valence-corrected chi connectivity index (χ1v) is 7.28. The molecule has 0 bridgehead atoms. The fourth-order valence-corrected chi connectivity index (χ4v) is 2.66. The van der Waals surface area contributed by atoms with E-state index < -0.39 is 0 Å². The minimum atomic E-state index is -0.106. The van der Waals surface area contributed by atoms with E-state index in [0.717, 1.165) is 22.7 Å². The lowest BCUT2D eigenvalue weighted by atomic mass is 9.90. The van der Waals surface area contributed by atoms with E-state index in [1.807, 2.05) is 24.3 Å². The van der Waals surface area contributed by atoms with Crippen LogP contribution in [0.15, 0.2) is 24.3 Å². The summed E-state index contributed by atoms with van der Waals surface area (Å²) in [6.45, 7) is 6.29. The maximum atomic E-state index is 6.43. The van der Waals surface area contributed by atoms with Gasteiger partial charge in [0, 0.05) is 11.0 Å². The molecule has 1 aromatic carbocycles. The first-order valence-electron chi connectivity index (χ1n) is 6.36. The molecule has 3 nitrogen and oxygen atoms in total. The summed E-state index contributed by atoms with van der Waals surface area (Å²) in [6, 6.07) is 7.60. The molecule has 0 radical (unpaired) electrons. The molecule has 2 rings (SSSR count). The molecule has 0 unspecified atom stereocenters. The number of hydrogen-bond donors (Lipinski definition) is 0. The van der Waals surface area contributed by atoms with Gasteiger partial charge in [-0.1, -0.05) is 32.4 Å². The Labute approximate surface area is 129 Å². The molecule has 1 heterocycles. The van der Waals surface area contributed by atoms with E-state index in [9.17, 15) is 0 Å². The normalized spacial score (nSPS) is 11.7. The van der Waals surface area contributed by atoms with Gasteiger partial charge in [0.15, 0.2) is 0 Å². The van der Waals surface area contributed by atoms with Gasteiger partial charge in [-0.05, 0) is 24.3 Å². The van der Waals surface area contributed by atoms with Gasteiger partial charge in [0.1, 0.15) is 10.9 Å². The Kier molecular flexibility index (Phi) is 4.31. The fourth-order valence-electron chi connectivity index (χ4n) is 2.05. The number of hydrogen-bond acceptors (Lipinski definition) is 2. The summed E-state index contributed by atoms with van der Waals surface area (Å²) in [4.78, 5) is 0. The molecule has 108 valence electrons. The van der Waals surface area contributed by atoms with Gasteiger partial charge < -0.3 is 4.74 Å². The van der Waals surface area contributed by atoms with E-state index in [4.69, 9.17) is 27.9 Å². The third-order valence-corrected chi connectivity index (χ3v) is 3.74. The zero-order valence-electron chi connectivity index (χ0n) is 12.1. The van der Waals surface area contributed by atoms with Gasteiger partial charge in [-0.2, -0.15) is 5.10 Å². The van der Waals surface area contributed by atoms with Crippen molar-refractivity contribution in [2.24, 2.45) is 0 Å². The summed E-state index contributed by atoms with van der Waals surface area (Å²) >= 11 is 12.5. The quantitative estimate of drug-likeness (QED) is 0.776. The second kappa shape index (κ2) is 5.66. The number of benzene rings is 1. The van der Waals surface area contributed by atoms with Crippen molar-refractivity contribution in [3.8, 4) is 11.4 Å². The summed E-state index contributed by atoms with van der Waals surface area (Å²) < 4.78 is 6.88. The van der Waals surface area contributed by atoms with Crippen LogP contribution < -0.4 is 4.74 Å². The largest absolute Gasteiger partial charge is 0.497 e. The lowest BCUT2D eigenvalue weighted by Gasteiger charge is -2.16. The van der Waals surface area contributed by atoms with Crippen LogP contribution in [0.25, 0.3) is 5.69 Å². The molecule has 0 aliphatic heterocycles. The molecule has 0 atom stereocenters. The molecular formula is C15H18Cl2N2O. The highest BCUT2D eigenvalue weighted by atomic mass is 35.5. The van der Waals surface area contributed by atoms with Crippen LogP contribution in [0.5, 0.6) is 5.75 Å². The van der Waals surface area contributed by atoms with Crippen molar-refractivity contribution < 1.29 is 4.74 Å². The summed E-state index contributed by atoms with van der Waals surface area (Å²) in [5.41, 5.74) is 2.59. The van der Waals surface area contributed by atoms with Crippen LogP contribution in [0.4, 0.5) is 0 Å². The van der Waals surface area contributed by atoms with Gasteiger partial charge in [0.2, 0.25) is 0 Å². The van der Waals surface area contributed by atoms with Crippen LogP contribution in [0.3, 0.4) is 0 Å². The number of rotatable bonds is 3. The molecule has 1 aromatic heterocycles. The Hall–Kier alpha value is -1.19. The van der Waals surface area contributed by atoms with Crippen LogP contribution in [-0.4, -0.2) is 16.9 Å². The van der Waals surface area contributed by atoms with Gasteiger partial charge in [0.25, 0.3) is 0 Å². The van der Waals surface area contributed by atoms with Crippen molar-refractivity contribution >= 4 is 23.2 Å². The van der Waals surface area contributed by atoms with Gasteiger partial charge in [-0.25, -0.2) is 4.68 Å². The monoisotopic (exact) mass is 312 g/mol. The second-order valence-electron chi connectivity index (χ2n) is 5.61. The third kappa shape index (κ3) is 2.79. The molecule has 0 spiro atoms. The minimum Gasteiger partial charge on any atom is -0.497 e. The lowest BCUT2D eigenvalue weighted by Crippen LogP contribution is -2.14. The van der Waals surface area contributed by atoms with Gasteiger partial charge in [-0.15, -0.1) is 11.6 Å². The Morgan fingerprint density at radius 3 is 2.20 bits per heavy atom. The number of aromatic nitrogens is 2. The predicted molar refractivity (Wildman–Crippen MR) is 83.4 cm³/mol. The van der Waals surface area contributed by atoms with Crippen molar-refractivity contribution in [2.45, 2.75) is 32.1 Å². The number of alkyl halides is 1. The summed E-state index contributed by atoms with van der Waals surface area (Å²) in [6.07, 6.45) is 0. The van der Waals surface area contributed by atoms with Gasteiger partial charge in [0.05, 0.1) is 24.4 Å². The lowest BCUT2D eigenvalue weighted by molar-refractivity contribution is 0.414. The van der Waals surface area contributed by atoms with Gasteiger partial charge >= 0.3 is 0 Å². The predicted octanol–water partition coefficient (Wildman–Crippen LogP) is 4.57. The summed E-state index contributed by atoms with van der Waals surface area (Å²) in [5, 5.41) is 5.20. The number of nitrogens with zero attached hydrogens (tertiary/aromatic N) is 2. The van der Waals surface area contributed by atoms with E-state index in [1.165, 1.54) is 0 Å². The average molecular weight is 313 g/mol. The highest BCUT2D eigenvalue weighted by Gasteiger charge is 2.25. The van der Waals surface area contributed by atoms with Crippen molar-refractivity contribution in [1.29, 1.82) is 0 Å². The van der Waals surface area contributed by atoms with E-state index in [2.05, 4.69) is 25.9 Å². The minimum absolute atomic E-state index is 0.106. The molecule has 0 saturated heterocycles. The van der Waals surface area contributed by atoms with Gasteiger partial charge in [-0.3, -0.25) is 0 Å². The number of ether oxygens (including phenoxy) is 1. The topological polar surface area (TPSA) is 27.1 Å². The highest BCUT2D eigenvalue weighted by Crippen LogP contribution is 2.32. The number of methoxy groups -OCH3 is 1. The van der Waals surface area contributed by atoms with E-state index in [1.54, 1.807) is 11.8 Å². The molecule has 0 fully saturated rings. The van der Waals surface area contributed by atoms with E-state index >= 15 is 0 Å². The Morgan fingerprint density at radius 1 is 1.20 bits per heavy atom. The fraction of sp³-hybridized carbons (Fsp3) is 0.400. The standard InChI is InChI=1S/C15H18Cl2N2O/c1-15(2,3)13-12(9-16)14(17)19(18-13)10-5-7-11(20-4)8-6-10/h5-8H,9H2,1-4H3. The van der Waals surface area contributed by atoms with Crippen molar-refractivity contribution in [3.05, 3.63) is 40.7 Å². The Morgan fingerprint density at radius 2 is 1.80 bits per heavy atom. The van der Waals surface area contributed by atoms with Crippen molar-refractivity contribution in [1.82, 2.24) is 9.78 Å². The van der Waals surface area contributed by atoms with E-state index in [0.29, 0.717) is 11.0 Å². The second-order valence-corrected chi connectivity index (χ2v) is 6.24. The smallest absolute Gasteiger partial charge is 0.137 e. The molecule has 5 heteroatoms. The van der Waals surface area contributed by atoms with E-state index in [-0.39, 0.29) is 5.41 Å². The maximum absolute atomic E-state index is 6.43. The first kappa shape index (κ1) is 15.2. The van der Waals surface area contributed by atoms with Crippen molar-refractivity contribution in [2.75, 3.05) is 7.11 Å². The molecule has 2 aromatic rings. The van der Waals surface area contributed by atoms with Crippen LogP contribution in [0.2, 0.25) is 5.15 Å². The first-order chi connectivity index (χ1) is 9.38. The molecule has 0 aliphatic rings. The molecule has 0 saturated carbocycles. The summed E-state index contributed by atoms with van der Waals surface area (Å²) in [7, 11) is 1.64. The highest BCUT2D eigenvalue weighted by molar-refractivity contribution is 6.31. The van der Waals surface area contributed by atoms with Crippen LogP contribution in [-0.2, 0) is 11.3 Å². The maximum Gasteiger partial charge on any atom is 0.137 e. The zero-order chi connectivity index (χ0) is 14.9. The average Bonchev–Trinajstić information content (AvgIpc) is 2.76. The Balaban J connectivity index is 2.54. The molecule has 20 heavy (non-hydrogen) atoms. The van der Waals surface area contributed by atoms with Crippen LogP contribution >= 0.6 is 23.2 Å². The molecular weight excluding hydrogens is 295 g/mol. The Bertz CT molecular complexity index is 598. The third-order valence-electron chi connectivity index (χ3n) is 3.08. The van der Waals surface area contributed by atoms with Crippen LogP contribution in [0, 0.1) is 0 Å². The van der Waals surface area contributed by atoms with Crippen LogP contribution in [0.1, 0.15) is 32.0 Å². The molecule has 0 aliphatic carbocycles. The van der Waals surface area contributed by atoms with Crippen molar-refractivity contribution in [3.63, 3.8) is 0 Å². The number of halogens is 2. The SMILES string of the molecule is COc1ccc(-n2nc(C(C)(C)C)c(CCl)c2Cl)cc1. The molecule has 0 N–H and O–H groups in total.